The van der Waals surface area contributed by atoms with E-state index >= 15 is 0 Å². The van der Waals surface area contributed by atoms with Gasteiger partial charge in [0.25, 0.3) is 0 Å². The molecule has 2 bridgehead atoms. The van der Waals surface area contributed by atoms with Crippen molar-refractivity contribution in [2.45, 2.75) is 54.3 Å². The van der Waals surface area contributed by atoms with E-state index in [1.54, 1.807) is 0 Å². The van der Waals surface area contributed by atoms with E-state index in [0.29, 0.717) is 0 Å². The lowest BCUT2D eigenvalue weighted by atomic mass is 9.81. The first-order chi connectivity index (χ1) is 11.5. The average Bonchev–Trinajstić information content (AvgIpc) is 3.16. The van der Waals surface area contributed by atoms with Crippen LogP contribution in [0.5, 0.6) is 0 Å². The molecule has 1 saturated heterocycles. The number of rotatable bonds is 3. The summed E-state index contributed by atoms with van der Waals surface area (Å²) < 4.78 is 5.48. The first kappa shape index (κ1) is 17.0. The summed E-state index contributed by atoms with van der Waals surface area (Å²) in [5, 5.41) is 0. The zero-order chi connectivity index (χ0) is 17.0. The van der Waals surface area contributed by atoms with Gasteiger partial charge in [-0.3, -0.25) is 19.3 Å². The van der Waals surface area contributed by atoms with Gasteiger partial charge in [-0.25, -0.2) is 0 Å². The van der Waals surface area contributed by atoms with Crippen molar-refractivity contribution < 1.29 is 19.1 Å². The SMILES string of the molecule is O=C(CN1C(=O)[C@@H]2[C@H]3C[C@H]([C@H](Br)[C@@H]3Br)[C@@H]2C1=O)OC1CCCCC1. The van der Waals surface area contributed by atoms with E-state index in [4.69, 9.17) is 4.74 Å². The van der Waals surface area contributed by atoms with Crippen LogP contribution in [0.1, 0.15) is 38.5 Å². The normalized spacial score (nSPS) is 41.8. The van der Waals surface area contributed by atoms with Crippen molar-refractivity contribution in [3.8, 4) is 0 Å². The molecular weight excluding hydrogens is 442 g/mol. The van der Waals surface area contributed by atoms with Gasteiger partial charge >= 0.3 is 5.97 Å². The minimum absolute atomic E-state index is 0.0476. The fourth-order valence-electron chi connectivity index (χ4n) is 5.10. The number of esters is 1. The van der Waals surface area contributed by atoms with Crippen molar-refractivity contribution in [1.82, 2.24) is 4.90 Å². The molecule has 0 radical (unpaired) electrons. The first-order valence-electron chi connectivity index (χ1n) is 8.82. The number of carbonyl (C=O) groups excluding carboxylic acids is 3. The molecule has 0 N–H and O–H groups in total. The quantitative estimate of drug-likeness (QED) is 0.367. The van der Waals surface area contributed by atoms with Crippen LogP contribution in [0.25, 0.3) is 0 Å². The molecule has 1 heterocycles. The Morgan fingerprint density at radius 3 is 2.08 bits per heavy atom. The molecule has 0 aromatic rings. The molecule has 0 unspecified atom stereocenters. The molecule has 6 atom stereocenters. The van der Waals surface area contributed by atoms with Crippen LogP contribution in [0, 0.1) is 23.7 Å². The number of carbonyl (C=O) groups is 3. The average molecular weight is 463 g/mol. The number of ether oxygens (including phenoxy) is 1. The maximum absolute atomic E-state index is 12.7. The highest BCUT2D eigenvalue weighted by Crippen LogP contribution is 2.60. The Labute approximate surface area is 158 Å². The Bertz CT molecular complexity index is 545. The number of likely N-dealkylation sites (tertiary alicyclic amines) is 1. The zero-order valence-corrected chi connectivity index (χ0v) is 16.5. The van der Waals surface area contributed by atoms with Crippen molar-refractivity contribution in [3.05, 3.63) is 0 Å². The predicted octanol–water partition coefficient (Wildman–Crippen LogP) is 2.64. The van der Waals surface area contributed by atoms with Gasteiger partial charge in [-0.15, -0.1) is 0 Å². The molecule has 4 fully saturated rings. The van der Waals surface area contributed by atoms with E-state index < -0.39 is 5.97 Å². The summed E-state index contributed by atoms with van der Waals surface area (Å²) in [7, 11) is 0. The summed E-state index contributed by atoms with van der Waals surface area (Å²) in [6, 6.07) is 0. The second kappa shape index (κ2) is 6.38. The molecule has 3 aliphatic carbocycles. The third-order valence-electron chi connectivity index (χ3n) is 6.22. The molecule has 7 heteroatoms. The molecule has 132 valence electrons. The Kier molecular flexibility index (Phi) is 4.52. The highest BCUT2D eigenvalue weighted by atomic mass is 79.9. The standard InChI is InChI=1S/C17H21Br2NO4/c18-14-9-6-10(15(14)19)13-12(9)16(22)20(17(13)23)7-11(21)24-8-4-2-1-3-5-8/h8-10,12-15H,1-7H2/t9-,10+,12-,13+,14-,15+. The number of fused-ring (bicyclic) bond motifs is 5. The third kappa shape index (κ3) is 2.57. The summed E-state index contributed by atoms with van der Waals surface area (Å²) >= 11 is 7.32. The van der Waals surface area contributed by atoms with Gasteiger partial charge in [-0.2, -0.15) is 0 Å². The highest BCUT2D eigenvalue weighted by molar-refractivity contribution is 9.12. The smallest absolute Gasteiger partial charge is 0.326 e. The second-order valence-electron chi connectivity index (χ2n) is 7.52. The van der Waals surface area contributed by atoms with Gasteiger partial charge in [0, 0.05) is 9.65 Å². The lowest BCUT2D eigenvalue weighted by Gasteiger charge is -2.28. The van der Waals surface area contributed by atoms with Gasteiger partial charge < -0.3 is 4.74 Å². The second-order valence-corrected chi connectivity index (χ2v) is 9.63. The molecule has 5 nitrogen and oxygen atoms in total. The maximum atomic E-state index is 12.7. The van der Waals surface area contributed by atoms with Crippen LogP contribution in [-0.4, -0.2) is 45.0 Å². The van der Waals surface area contributed by atoms with Crippen molar-refractivity contribution in [2.75, 3.05) is 6.54 Å². The van der Waals surface area contributed by atoms with Crippen LogP contribution in [0.3, 0.4) is 0 Å². The fraction of sp³-hybridized carbons (Fsp3) is 0.824. The van der Waals surface area contributed by atoms with Gasteiger partial charge in [0.2, 0.25) is 11.8 Å². The monoisotopic (exact) mass is 461 g/mol. The molecule has 1 aliphatic heterocycles. The van der Waals surface area contributed by atoms with Crippen LogP contribution < -0.4 is 0 Å². The lowest BCUT2D eigenvalue weighted by molar-refractivity contribution is -0.158. The fourth-order valence-corrected chi connectivity index (χ4v) is 6.98. The topological polar surface area (TPSA) is 63.7 Å². The van der Waals surface area contributed by atoms with Gasteiger partial charge in [-0.1, -0.05) is 38.3 Å². The number of nitrogens with zero attached hydrogens (tertiary/aromatic N) is 1. The van der Waals surface area contributed by atoms with Gasteiger partial charge in [-0.05, 0) is 43.9 Å². The molecule has 0 aromatic heterocycles. The summed E-state index contributed by atoms with van der Waals surface area (Å²) in [5.74, 6) is -0.961. The van der Waals surface area contributed by atoms with E-state index in [2.05, 4.69) is 31.9 Å². The number of hydrogen-bond acceptors (Lipinski definition) is 4. The van der Waals surface area contributed by atoms with E-state index in [1.807, 2.05) is 0 Å². The molecule has 4 aliphatic rings. The molecule has 4 rings (SSSR count). The number of halogens is 2. The Morgan fingerprint density at radius 2 is 1.54 bits per heavy atom. The van der Waals surface area contributed by atoms with Crippen molar-refractivity contribution in [1.29, 1.82) is 0 Å². The summed E-state index contributed by atoms with van der Waals surface area (Å²) in [5.41, 5.74) is 0. The van der Waals surface area contributed by atoms with E-state index in [1.165, 1.54) is 6.42 Å². The third-order valence-corrected chi connectivity index (χ3v) is 9.42. The largest absolute Gasteiger partial charge is 0.461 e. The number of amides is 2. The minimum Gasteiger partial charge on any atom is -0.461 e. The summed E-state index contributed by atoms with van der Waals surface area (Å²) in [6.45, 7) is -0.222. The number of imide groups is 1. The molecule has 2 amide bonds. The molecule has 0 spiro atoms. The van der Waals surface area contributed by atoms with Gasteiger partial charge in [0.15, 0.2) is 0 Å². The van der Waals surface area contributed by atoms with Crippen LogP contribution >= 0.6 is 31.9 Å². The minimum atomic E-state index is -0.443. The van der Waals surface area contributed by atoms with Crippen LogP contribution in [-0.2, 0) is 19.1 Å². The van der Waals surface area contributed by atoms with Crippen molar-refractivity contribution in [2.24, 2.45) is 23.7 Å². The lowest BCUT2D eigenvalue weighted by Crippen LogP contribution is -2.39. The van der Waals surface area contributed by atoms with Crippen molar-refractivity contribution >= 4 is 49.6 Å². The first-order valence-corrected chi connectivity index (χ1v) is 10.6. The molecule has 3 saturated carbocycles. The van der Waals surface area contributed by atoms with Crippen LogP contribution in [0.2, 0.25) is 0 Å². The zero-order valence-electron chi connectivity index (χ0n) is 13.3. The van der Waals surface area contributed by atoms with E-state index in [0.717, 1.165) is 37.0 Å². The molecule has 24 heavy (non-hydrogen) atoms. The highest BCUT2D eigenvalue weighted by Gasteiger charge is 2.66. The Balaban J connectivity index is 1.43. The van der Waals surface area contributed by atoms with Gasteiger partial charge in [0.05, 0.1) is 11.8 Å². The summed E-state index contributed by atoms with van der Waals surface area (Å²) in [6.07, 6.45) is 5.97. The predicted molar refractivity (Wildman–Crippen MR) is 93.7 cm³/mol. The van der Waals surface area contributed by atoms with Crippen LogP contribution in [0.15, 0.2) is 0 Å². The number of alkyl halides is 2. The molecular formula is C17H21Br2NO4. The van der Waals surface area contributed by atoms with Gasteiger partial charge in [0.1, 0.15) is 12.6 Å². The van der Waals surface area contributed by atoms with Crippen molar-refractivity contribution in [3.63, 3.8) is 0 Å². The van der Waals surface area contributed by atoms with Crippen LogP contribution in [0.4, 0.5) is 0 Å². The Hall–Kier alpha value is -0.430. The molecule has 0 aromatic carbocycles. The van der Waals surface area contributed by atoms with E-state index in [9.17, 15) is 14.4 Å². The maximum Gasteiger partial charge on any atom is 0.326 e. The number of hydrogen-bond donors (Lipinski definition) is 0. The Morgan fingerprint density at radius 1 is 1.00 bits per heavy atom. The van der Waals surface area contributed by atoms with E-state index in [-0.39, 0.29) is 57.8 Å². The summed E-state index contributed by atoms with van der Waals surface area (Å²) in [4.78, 5) is 39.2.